The molecule has 0 aromatic rings. The van der Waals surface area contributed by atoms with Gasteiger partial charge in [0.2, 0.25) is 0 Å². The molecule has 1 atom stereocenters. The lowest BCUT2D eigenvalue weighted by Gasteiger charge is -2.11. The van der Waals surface area contributed by atoms with Crippen LogP contribution in [0.1, 0.15) is 13.3 Å². The first kappa shape index (κ1) is 15.8. The summed E-state index contributed by atoms with van der Waals surface area (Å²) in [6.45, 7) is 4.16. The summed E-state index contributed by atoms with van der Waals surface area (Å²) >= 11 is 3.24. The monoisotopic (exact) mass is 298 g/mol. The van der Waals surface area contributed by atoms with Gasteiger partial charge in [0.05, 0.1) is 33.0 Å². The quantitative estimate of drug-likeness (QED) is 0.460. The predicted molar refractivity (Wildman–Crippen MR) is 63.1 cm³/mol. The summed E-state index contributed by atoms with van der Waals surface area (Å²) in [6, 6.07) is 0. The Bertz CT molecular complexity index is 177. The molecular weight excluding hydrogens is 280 g/mol. The van der Waals surface area contributed by atoms with E-state index in [0.717, 1.165) is 5.33 Å². The fourth-order valence-electron chi connectivity index (χ4n) is 0.990. The normalized spacial score (nSPS) is 12.6. The minimum absolute atomic E-state index is 0.295. The molecule has 0 aliphatic carbocycles. The van der Waals surface area contributed by atoms with Crippen molar-refractivity contribution in [1.82, 2.24) is 0 Å². The van der Waals surface area contributed by atoms with E-state index in [-0.39, 0.29) is 0 Å². The Morgan fingerprint density at radius 2 is 1.75 bits per heavy atom. The Morgan fingerprint density at radius 3 is 2.25 bits per heavy atom. The minimum Gasteiger partial charge on any atom is -0.479 e. The van der Waals surface area contributed by atoms with E-state index in [1.807, 2.05) is 0 Å². The van der Waals surface area contributed by atoms with Gasteiger partial charge < -0.3 is 19.3 Å². The summed E-state index contributed by atoms with van der Waals surface area (Å²) in [5.74, 6) is -0.928. The van der Waals surface area contributed by atoms with Crippen LogP contribution in [0.5, 0.6) is 0 Å². The van der Waals surface area contributed by atoms with E-state index < -0.39 is 12.1 Å². The fraction of sp³-hybridized carbons (Fsp3) is 0.900. The van der Waals surface area contributed by atoms with Crippen LogP contribution in [0.3, 0.4) is 0 Å². The third-order valence-electron chi connectivity index (χ3n) is 1.79. The van der Waals surface area contributed by atoms with E-state index in [4.69, 9.17) is 19.3 Å². The molecule has 0 aliphatic rings. The van der Waals surface area contributed by atoms with Crippen LogP contribution in [0.15, 0.2) is 0 Å². The zero-order valence-corrected chi connectivity index (χ0v) is 11.1. The second-order valence-corrected chi connectivity index (χ2v) is 3.81. The van der Waals surface area contributed by atoms with Gasteiger partial charge in [-0.05, 0) is 6.42 Å². The van der Waals surface area contributed by atoms with Crippen molar-refractivity contribution in [2.45, 2.75) is 19.4 Å². The summed E-state index contributed by atoms with van der Waals surface area (Å²) < 4.78 is 15.5. The van der Waals surface area contributed by atoms with E-state index in [0.29, 0.717) is 39.5 Å². The van der Waals surface area contributed by atoms with Gasteiger partial charge in [0, 0.05) is 5.33 Å². The van der Waals surface area contributed by atoms with Crippen LogP contribution in [-0.4, -0.2) is 55.5 Å². The standard InChI is InChI=1S/C10H19BrO5/c1-2-9(10(12)13)16-8-7-15-6-5-14-4-3-11/h9H,2-8H2,1H3,(H,12,13). The highest BCUT2D eigenvalue weighted by Gasteiger charge is 2.14. The Morgan fingerprint density at radius 1 is 1.19 bits per heavy atom. The molecule has 0 bridgehead atoms. The van der Waals surface area contributed by atoms with Crippen LogP contribution in [0.25, 0.3) is 0 Å². The molecule has 6 heteroatoms. The van der Waals surface area contributed by atoms with Gasteiger partial charge in [-0.2, -0.15) is 0 Å². The molecule has 0 heterocycles. The van der Waals surface area contributed by atoms with Crippen molar-refractivity contribution in [3.63, 3.8) is 0 Å². The van der Waals surface area contributed by atoms with Crippen molar-refractivity contribution < 1.29 is 24.1 Å². The average molecular weight is 299 g/mol. The van der Waals surface area contributed by atoms with Crippen molar-refractivity contribution in [1.29, 1.82) is 0 Å². The van der Waals surface area contributed by atoms with Crippen LogP contribution in [0.2, 0.25) is 0 Å². The third kappa shape index (κ3) is 9.08. The molecule has 0 amide bonds. The summed E-state index contributed by atoms with van der Waals surface area (Å²) in [7, 11) is 0. The van der Waals surface area contributed by atoms with Crippen LogP contribution < -0.4 is 0 Å². The van der Waals surface area contributed by atoms with E-state index in [9.17, 15) is 4.79 Å². The highest BCUT2D eigenvalue weighted by molar-refractivity contribution is 9.09. The Balaban J connectivity index is 3.22. The minimum atomic E-state index is -0.928. The van der Waals surface area contributed by atoms with Gasteiger partial charge in [-0.3, -0.25) is 0 Å². The topological polar surface area (TPSA) is 65.0 Å². The van der Waals surface area contributed by atoms with Gasteiger partial charge in [0.1, 0.15) is 0 Å². The van der Waals surface area contributed by atoms with Gasteiger partial charge >= 0.3 is 5.97 Å². The van der Waals surface area contributed by atoms with Gasteiger partial charge in [-0.25, -0.2) is 4.79 Å². The number of ether oxygens (including phenoxy) is 3. The Kier molecular flexibility index (Phi) is 11.2. The first-order valence-electron chi connectivity index (χ1n) is 5.28. The number of carboxylic acid groups (broad SMARTS) is 1. The summed E-state index contributed by atoms with van der Waals surface area (Å²) in [4.78, 5) is 10.6. The number of carboxylic acids is 1. The second-order valence-electron chi connectivity index (χ2n) is 3.02. The lowest BCUT2D eigenvalue weighted by atomic mass is 10.3. The van der Waals surface area contributed by atoms with Crippen LogP contribution in [0.4, 0.5) is 0 Å². The van der Waals surface area contributed by atoms with E-state index in [2.05, 4.69) is 15.9 Å². The number of halogens is 1. The van der Waals surface area contributed by atoms with Crippen molar-refractivity contribution in [2.24, 2.45) is 0 Å². The molecule has 1 N–H and O–H groups in total. The molecule has 0 spiro atoms. The molecule has 0 aliphatic heterocycles. The summed E-state index contributed by atoms with van der Waals surface area (Å²) in [5.41, 5.74) is 0. The van der Waals surface area contributed by atoms with E-state index in [1.165, 1.54) is 0 Å². The Labute approximate surface area is 104 Å². The number of alkyl halides is 1. The summed E-state index contributed by atoms with van der Waals surface area (Å²) in [5, 5.41) is 9.50. The van der Waals surface area contributed by atoms with Gasteiger partial charge in [-0.15, -0.1) is 0 Å². The average Bonchev–Trinajstić information content (AvgIpc) is 2.26. The first-order valence-corrected chi connectivity index (χ1v) is 6.40. The largest absolute Gasteiger partial charge is 0.479 e. The van der Waals surface area contributed by atoms with Gasteiger partial charge in [-0.1, -0.05) is 22.9 Å². The lowest BCUT2D eigenvalue weighted by Crippen LogP contribution is -2.24. The van der Waals surface area contributed by atoms with Crippen LogP contribution in [0, 0.1) is 0 Å². The predicted octanol–water partition coefficient (Wildman–Crippen LogP) is 1.29. The van der Waals surface area contributed by atoms with Crippen LogP contribution in [-0.2, 0) is 19.0 Å². The molecule has 0 radical (unpaired) electrons. The maximum Gasteiger partial charge on any atom is 0.332 e. The number of hydrogen-bond donors (Lipinski definition) is 1. The number of aliphatic carboxylic acids is 1. The summed E-state index contributed by atoms with van der Waals surface area (Å²) in [6.07, 6.45) is -0.266. The van der Waals surface area contributed by atoms with Crippen LogP contribution >= 0.6 is 15.9 Å². The number of carbonyl (C=O) groups is 1. The van der Waals surface area contributed by atoms with Gasteiger partial charge in [0.15, 0.2) is 6.10 Å². The molecule has 0 rings (SSSR count). The molecule has 5 nitrogen and oxygen atoms in total. The van der Waals surface area contributed by atoms with Crippen molar-refractivity contribution in [2.75, 3.05) is 38.4 Å². The van der Waals surface area contributed by atoms with Crippen molar-refractivity contribution >= 4 is 21.9 Å². The molecule has 0 saturated carbocycles. The van der Waals surface area contributed by atoms with Crippen molar-refractivity contribution in [3.8, 4) is 0 Å². The first-order chi connectivity index (χ1) is 7.72. The SMILES string of the molecule is CCC(OCCOCCOCCBr)C(=O)O. The molecule has 0 saturated heterocycles. The zero-order chi connectivity index (χ0) is 12.2. The molecule has 0 aromatic heterocycles. The molecule has 0 aromatic carbocycles. The second kappa shape index (κ2) is 11.3. The maximum atomic E-state index is 10.6. The maximum absolute atomic E-state index is 10.6. The number of rotatable bonds is 11. The number of hydrogen-bond acceptors (Lipinski definition) is 4. The van der Waals surface area contributed by atoms with Crippen molar-refractivity contribution in [3.05, 3.63) is 0 Å². The highest BCUT2D eigenvalue weighted by atomic mass is 79.9. The third-order valence-corrected chi connectivity index (χ3v) is 2.11. The molecule has 1 unspecified atom stereocenters. The van der Waals surface area contributed by atoms with Gasteiger partial charge in [0.25, 0.3) is 0 Å². The molecular formula is C10H19BrO5. The molecule has 16 heavy (non-hydrogen) atoms. The smallest absolute Gasteiger partial charge is 0.332 e. The Hall–Kier alpha value is -0.170. The zero-order valence-electron chi connectivity index (χ0n) is 9.49. The molecule has 96 valence electrons. The highest BCUT2D eigenvalue weighted by Crippen LogP contribution is 1.97. The van der Waals surface area contributed by atoms with E-state index in [1.54, 1.807) is 6.92 Å². The fourth-order valence-corrected chi connectivity index (χ4v) is 1.22. The lowest BCUT2D eigenvalue weighted by molar-refractivity contribution is -0.151. The van der Waals surface area contributed by atoms with E-state index >= 15 is 0 Å². The molecule has 0 fully saturated rings.